The maximum Gasteiger partial charge on any atom is 0.312 e. The largest absolute Gasteiger partial charge is 0.352 e. The van der Waals surface area contributed by atoms with E-state index in [1.54, 1.807) is 11.0 Å². The number of amides is 3. The quantitative estimate of drug-likeness (QED) is 0.657. The molecule has 11 heteroatoms. The van der Waals surface area contributed by atoms with Gasteiger partial charge in [0.15, 0.2) is 0 Å². The van der Waals surface area contributed by atoms with Crippen LogP contribution in [-0.4, -0.2) is 62.3 Å². The molecule has 1 aliphatic rings. The highest BCUT2D eigenvalue weighted by Gasteiger charge is 2.30. The Hall–Kier alpha value is -1.36. The van der Waals surface area contributed by atoms with E-state index in [1.165, 1.54) is 10.4 Å². The molecular formula is C14H21ClN4O4S2. The van der Waals surface area contributed by atoms with Gasteiger partial charge in [0.05, 0.1) is 4.34 Å². The highest BCUT2D eigenvalue weighted by molar-refractivity contribution is 7.91. The molecule has 2 heterocycles. The molecule has 1 fully saturated rings. The van der Waals surface area contributed by atoms with Crippen LogP contribution >= 0.6 is 22.9 Å². The SMILES string of the molecule is NC(=O)NCCCCC(=O)N1CCN(S(=O)(=O)c2ccc(Cl)s2)CC1. The molecule has 3 amide bonds. The molecule has 1 aliphatic heterocycles. The van der Waals surface area contributed by atoms with Gasteiger partial charge in [-0.2, -0.15) is 4.31 Å². The van der Waals surface area contributed by atoms with Gasteiger partial charge >= 0.3 is 6.03 Å². The standard InChI is InChI=1S/C14H21ClN4O4S2/c15-11-4-5-13(24-11)25(22,23)19-9-7-18(8-10-19)12(20)3-1-2-6-17-14(16)21/h4-5H,1-3,6-10H2,(H3,16,17,21). The van der Waals surface area contributed by atoms with E-state index in [2.05, 4.69) is 5.32 Å². The Labute approximate surface area is 156 Å². The van der Waals surface area contributed by atoms with Gasteiger partial charge in [0.2, 0.25) is 5.91 Å². The van der Waals surface area contributed by atoms with Gasteiger partial charge in [0.1, 0.15) is 4.21 Å². The normalized spacial score (nSPS) is 16.0. The molecule has 1 aromatic heterocycles. The van der Waals surface area contributed by atoms with Crippen molar-refractivity contribution in [3.8, 4) is 0 Å². The summed E-state index contributed by atoms with van der Waals surface area (Å²) in [7, 11) is -3.55. The molecule has 25 heavy (non-hydrogen) atoms. The molecule has 3 N–H and O–H groups in total. The number of sulfonamides is 1. The van der Waals surface area contributed by atoms with Gasteiger partial charge in [-0.3, -0.25) is 4.79 Å². The highest BCUT2D eigenvalue weighted by Crippen LogP contribution is 2.28. The number of rotatable bonds is 7. The van der Waals surface area contributed by atoms with Crippen molar-refractivity contribution in [2.24, 2.45) is 5.73 Å². The second-order valence-corrected chi connectivity index (χ2v) is 9.47. The number of piperazine rings is 1. The van der Waals surface area contributed by atoms with Crippen molar-refractivity contribution in [3.05, 3.63) is 16.5 Å². The van der Waals surface area contributed by atoms with Crippen molar-refractivity contribution in [1.29, 1.82) is 0 Å². The number of halogens is 1. The average Bonchev–Trinajstić information content (AvgIpc) is 3.01. The van der Waals surface area contributed by atoms with E-state index in [-0.39, 0.29) is 23.2 Å². The predicted molar refractivity (Wildman–Crippen MR) is 96.1 cm³/mol. The summed E-state index contributed by atoms with van der Waals surface area (Å²) in [5.74, 6) is -0.00436. The number of unbranched alkanes of at least 4 members (excludes halogenated alkanes) is 1. The number of primary amides is 1. The first kappa shape index (κ1) is 20.0. The lowest BCUT2D eigenvalue weighted by Crippen LogP contribution is -2.50. The Morgan fingerprint density at radius 1 is 1.20 bits per heavy atom. The van der Waals surface area contributed by atoms with Crippen LogP contribution in [0.5, 0.6) is 0 Å². The zero-order valence-electron chi connectivity index (χ0n) is 13.6. The van der Waals surface area contributed by atoms with Crippen molar-refractivity contribution in [3.63, 3.8) is 0 Å². The van der Waals surface area contributed by atoms with Crippen LogP contribution < -0.4 is 11.1 Å². The molecule has 2 rings (SSSR count). The summed E-state index contributed by atoms with van der Waals surface area (Å²) in [5.41, 5.74) is 4.96. The third-order valence-corrected chi connectivity index (χ3v) is 7.45. The van der Waals surface area contributed by atoms with Crippen LogP contribution in [0.25, 0.3) is 0 Å². The Kier molecular flexibility index (Phi) is 7.05. The Morgan fingerprint density at radius 2 is 1.88 bits per heavy atom. The van der Waals surface area contributed by atoms with Crippen molar-refractivity contribution in [1.82, 2.24) is 14.5 Å². The van der Waals surface area contributed by atoms with Gasteiger partial charge in [-0.05, 0) is 25.0 Å². The molecule has 0 unspecified atom stereocenters. The predicted octanol–water partition coefficient (Wildman–Crippen LogP) is 1.07. The van der Waals surface area contributed by atoms with Gasteiger partial charge in [0, 0.05) is 39.1 Å². The summed E-state index contributed by atoms with van der Waals surface area (Å²) >= 11 is 6.84. The van der Waals surface area contributed by atoms with Crippen molar-refractivity contribution in [2.45, 2.75) is 23.5 Å². The third kappa shape index (κ3) is 5.56. The average molecular weight is 409 g/mol. The van der Waals surface area contributed by atoms with E-state index in [0.717, 1.165) is 11.3 Å². The number of nitrogens with one attached hydrogen (secondary N) is 1. The molecule has 1 aromatic rings. The lowest BCUT2D eigenvalue weighted by Gasteiger charge is -2.33. The summed E-state index contributed by atoms with van der Waals surface area (Å²) in [6.07, 6.45) is 1.68. The molecule has 0 spiro atoms. The summed E-state index contributed by atoms with van der Waals surface area (Å²) < 4.78 is 27.0. The molecule has 8 nitrogen and oxygen atoms in total. The van der Waals surface area contributed by atoms with Crippen LogP contribution in [0.1, 0.15) is 19.3 Å². The Balaban J connectivity index is 1.77. The van der Waals surface area contributed by atoms with Gasteiger partial charge in [-0.15, -0.1) is 11.3 Å². The number of nitrogens with zero attached hydrogens (tertiary/aromatic N) is 2. The first-order valence-electron chi connectivity index (χ1n) is 7.87. The van der Waals surface area contributed by atoms with Crippen LogP contribution in [0.4, 0.5) is 4.79 Å². The Bertz CT molecular complexity index is 714. The first-order chi connectivity index (χ1) is 11.8. The fraction of sp³-hybridized carbons (Fsp3) is 0.571. The molecule has 140 valence electrons. The maximum atomic E-state index is 12.5. The van der Waals surface area contributed by atoms with Crippen LogP contribution in [-0.2, 0) is 14.8 Å². The molecule has 0 radical (unpaired) electrons. The van der Waals surface area contributed by atoms with Gasteiger partial charge in [-0.25, -0.2) is 13.2 Å². The van der Waals surface area contributed by atoms with E-state index in [4.69, 9.17) is 17.3 Å². The highest BCUT2D eigenvalue weighted by atomic mass is 35.5. The van der Waals surface area contributed by atoms with E-state index in [0.29, 0.717) is 43.2 Å². The van der Waals surface area contributed by atoms with E-state index < -0.39 is 16.1 Å². The number of hydrogen-bond acceptors (Lipinski definition) is 5. The number of nitrogens with two attached hydrogens (primary N) is 1. The second-order valence-electron chi connectivity index (χ2n) is 5.59. The van der Waals surface area contributed by atoms with Crippen molar-refractivity contribution in [2.75, 3.05) is 32.7 Å². The summed E-state index contributed by atoms with van der Waals surface area (Å²) in [6, 6.07) is 2.49. The summed E-state index contributed by atoms with van der Waals surface area (Å²) in [4.78, 5) is 24.4. The maximum absolute atomic E-state index is 12.5. The first-order valence-corrected chi connectivity index (χ1v) is 10.5. The number of carbonyl (C=O) groups excluding carboxylic acids is 2. The number of carbonyl (C=O) groups is 2. The monoisotopic (exact) mass is 408 g/mol. The number of urea groups is 1. The molecule has 0 saturated carbocycles. The lowest BCUT2D eigenvalue weighted by atomic mass is 10.2. The van der Waals surface area contributed by atoms with Crippen LogP contribution in [0.3, 0.4) is 0 Å². The topological polar surface area (TPSA) is 113 Å². The minimum Gasteiger partial charge on any atom is -0.352 e. The zero-order valence-corrected chi connectivity index (χ0v) is 16.0. The van der Waals surface area contributed by atoms with Crippen LogP contribution in [0.15, 0.2) is 16.3 Å². The van der Waals surface area contributed by atoms with Crippen molar-refractivity contribution >= 4 is 44.9 Å². The molecule has 0 atom stereocenters. The summed E-state index contributed by atoms with van der Waals surface area (Å²) in [6.45, 7) is 1.73. The minimum atomic E-state index is -3.55. The molecule has 1 saturated heterocycles. The summed E-state index contributed by atoms with van der Waals surface area (Å²) in [5, 5.41) is 2.47. The van der Waals surface area contributed by atoms with E-state index in [1.807, 2.05) is 0 Å². The molecular weight excluding hydrogens is 388 g/mol. The van der Waals surface area contributed by atoms with Crippen LogP contribution in [0.2, 0.25) is 4.34 Å². The smallest absolute Gasteiger partial charge is 0.312 e. The Morgan fingerprint density at radius 3 is 2.44 bits per heavy atom. The second kappa shape index (κ2) is 8.84. The third-order valence-electron chi connectivity index (χ3n) is 3.85. The zero-order chi connectivity index (χ0) is 18.4. The number of thiophene rings is 1. The molecule has 0 aromatic carbocycles. The fourth-order valence-electron chi connectivity index (χ4n) is 2.51. The molecule has 0 aliphatic carbocycles. The van der Waals surface area contributed by atoms with Crippen molar-refractivity contribution < 1.29 is 18.0 Å². The minimum absolute atomic E-state index is 0.00436. The van der Waals surface area contributed by atoms with E-state index in [9.17, 15) is 18.0 Å². The van der Waals surface area contributed by atoms with Crippen LogP contribution in [0, 0.1) is 0 Å². The van der Waals surface area contributed by atoms with Gasteiger partial charge < -0.3 is 16.0 Å². The van der Waals surface area contributed by atoms with Gasteiger partial charge in [-0.1, -0.05) is 11.6 Å². The number of hydrogen-bond donors (Lipinski definition) is 2. The fourth-order valence-corrected chi connectivity index (χ4v) is 5.57. The lowest BCUT2D eigenvalue weighted by molar-refractivity contribution is -0.132. The van der Waals surface area contributed by atoms with E-state index >= 15 is 0 Å². The van der Waals surface area contributed by atoms with Gasteiger partial charge in [0.25, 0.3) is 10.0 Å². The molecule has 0 bridgehead atoms.